The third kappa shape index (κ3) is 6.39. The van der Waals surface area contributed by atoms with Gasteiger partial charge in [-0.15, -0.1) is 11.3 Å². The van der Waals surface area contributed by atoms with E-state index in [4.69, 9.17) is 5.11 Å². The van der Waals surface area contributed by atoms with Crippen LogP contribution in [0, 0.1) is 0 Å². The summed E-state index contributed by atoms with van der Waals surface area (Å²) in [7, 11) is 0. The normalized spacial score (nSPS) is 16.8. The largest absolute Gasteiger partial charge is 0.395 e. The van der Waals surface area contributed by atoms with Crippen LogP contribution in [0.1, 0.15) is 25.7 Å². The Morgan fingerprint density at radius 2 is 1.91 bits per heavy atom. The number of aliphatic hydroxyl groups is 1. The molecule has 124 valence electrons. The molecule has 0 aromatic carbocycles. The van der Waals surface area contributed by atoms with Crippen LogP contribution in [0.4, 0.5) is 5.13 Å². The maximum atomic E-state index is 11.7. The van der Waals surface area contributed by atoms with E-state index in [2.05, 4.69) is 20.1 Å². The molecule has 0 unspecified atom stereocenters. The maximum Gasteiger partial charge on any atom is 0.226 e. The molecule has 7 heteroatoms. The number of β-amino-alcohol motifs (C(OH)–C–C–N with tert-alkyl or cyclic N) is 1. The maximum absolute atomic E-state index is 11.7. The minimum absolute atomic E-state index is 0.0626. The molecule has 22 heavy (non-hydrogen) atoms. The molecule has 2 N–H and O–H groups in total. The molecule has 2 heterocycles. The van der Waals surface area contributed by atoms with Gasteiger partial charge in [0.15, 0.2) is 5.13 Å². The molecule has 1 saturated heterocycles. The predicted molar refractivity (Wildman–Crippen MR) is 89.2 cm³/mol. The van der Waals surface area contributed by atoms with Gasteiger partial charge in [-0.3, -0.25) is 9.69 Å². The standard InChI is InChI=1S/C15H26N4O2S/c20-12-11-19-9-7-18(8-10-19)6-3-1-2-4-14(21)17-15-16-5-13-22-15/h5,13,20H,1-4,6-12H2,(H,16,17,21). The fourth-order valence-corrected chi connectivity index (χ4v) is 3.19. The van der Waals surface area contributed by atoms with Crippen LogP contribution in [0.2, 0.25) is 0 Å². The lowest BCUT2D eigenvalue weighted by molar-refractivity contribution is -0.116. The van der Waals surface area contributed by atoms with Crippen LogP contribution in [0.15, 0.2) is 11.6 Å². The number of aromatic nitrogens is 1. The number of unbranched alkanes of at least 4 members (excludes halogenated alkanes) is 2. The number of rotatable bonds is 9. The topological polar surface area (TPSA) is 68.7 Å². The van der Waals surface area contributed by atoms with E-state index in [1.54, 1.807) is 6.20 Å². The fourth-order valence-electron chi connectivity index (χ4n) is 2.64. The predicted octanol–water partition coefficient (Wildman–Crippen LogP) is 1.25. The van der Waals surface area contributed by atoms with E-state index >= 15 is 0 Å². The molecule has 0 aliphatic carbocycles. The van der Waals surface area contributed by atoms with Crippen molar-refractivity contribution < 1.29 is 9.90 Å². The van der Waals surface area contributed by atoms with Gasteiger partial charge in [-0.1, -0.05) is 6.42 Å². The lowest BCUT2D eigenvalue weighted by atomic mass is 10.1. The summed E-state index contributed by atoms with van der Waals surface area (Å²) >= 11 is 1.45. The first-order chi connectivity index (χ1) is 10.8. The first-order valence-electron chi connectivity index (χ1n) is 8.03. The average molecular weight is 326 g/mol. The van der Waals surface area contributed by atoms with Crippen LogP contribution in [-0.2, 0) is 4.79 Å². The summed E-state index contributed by atoms with van der Waals surface area (Å²) < 4.78 is 0. The van der Waals surface area contributed by atoms with Gasteiger partial charge in [-0.05, 0) is 19.4 Å². The average Bonchev–Trinajstić information content (AvgIpc) is 3.02. The third-order valence-electron chi connectivity index (χ3n) is 3.94. The van der Waals surface area contributed by atoms with Gasteiger partial charge in [0, 0.05) is 50.7 Å². The smallest absolute Gasteiger partial charge is 0.226 e. The highest BCUT2D eigenvalue weighted by atomic mass is 32.1. The van der Waals surface area contributed by atoms with Gasteiger partial charge in [0.2, 0.25) is 5.91 Å². The van der Waals surface area contributed by atoms with Crippen molar-refractivity contribution in [2.45, 2.75) is 25.7 Å². The molecule has 2 rings (SSSR count). The molecule has 0 saturated carbocycles. The van der Waals surface area contributed by atoms with Gasteiger partial charge >= 0.3 is 0 Å². The van der Waals surface area contributed by atoms with Gasteiger partial charge in [-0.2, -0.15) is 0 Å². The van der Waals surface area contributed by atoms with E-state index < -0.39 is 0 Å². The molecule has 1 fully saturated rings. The Balaban J connectivity index is 1.47. The first-order valence-corrected chi connectivity index (χ1v) is 8.91. The van der Waals surface area contributed by atoms with E-state index in [9.17, 15) is 4.79 Å². The summed E-state index contributed by atoms with van der Waals surface area (Å²) in [5.41, 5.74) is 0. The van der Waals surface area contributed by atoms with Crippen molar-refractivity contribution in [2.24, 2.45) is 0 Å². The zero-order chi connectivity index (χ0) is 15.6. The number of piperazine rings is 1. The highest BCUT2D eigenvalue weighted by molar-refractivity contribution is 7.13. The van der Waals surface area contributed by atoms with Crippen molar-refractivity contribution in [2.75, 3.05) is 51.2 Å². The van der Waals surface area contributed by atoms with E-state index in [0.29, 0.717) is 11.6 Å². The molecule has 1 aliphatic heterocycles. The number of hydrogen-bond donors (Lipinski definition) is 2. The van der Waals surface area contributed by atoms with Gasteiger partial charge in [0.1, 0.15) is 0 Å². The summed E-state index contributed by atoms with van der Waals surface area (Å²) in [6.45, 7) is 6.44. The minimum atomic E-state index is 0.0626. The Labute approximate surface area is 136 Å². The van der Waals surface area contributed by atoms with Crippen LogP contribution in [-0.4, -0.2) is 71.7 Å². The number of thiazole rings is 1. The van der Waals surface area contributed by atoms with Gasteiger partial charge < -0.3 is 15.3 Å². The summed E-state index contributed by atoms with van der Waals surface area (Å²) in [4.78, 5) is 20.5. The molecular formula is C15H26N4O2S. The van der Waals surface area contributed by atoms with Crippen LogP contribution in [0.5, 0.6) is 0 Å². The highest BCUT2D eigenvalue weighted by Crippen LogP contribution is 2.11. The van der Waals surface area contributed by atoms with Crippen LogP contribution < -0.4 is 5.32 Å². The monoisotopic (exact) mass is 326 g/mol. The lowest BCUT2D eigenvalue weighted by Crippen LogP contribution is -2.47. The molecule has 1 aromatic heterocycles. The molecule has 0 radical (unpaired) electrons. The number of carbonyl (C=O) groups is 1. The quantitative estimate of drug-likeness (QED) is 0.669. The molecule has 0 bridgehead atoms. The molecule has 6 nitrogen and oxygen atoms in total. The number of nitrogens with zero attached hydrogens (tertiary/aromatic N) is 3. The van der Waals surface area contributed by atoms with Crippen molar-refractivity contribution >= 4 is 22.4 Å². The Hall–Kier alpha value is -1.02. The zero-order valence-corrected chi connectivity index (χ0v) is 13.9. The van der Waals surface area contributed by atoms with E-state index in [1.807, 2.05) is 5.38 Å². The molecule has 0 atom stereocenters. The van der Waals surface area contributed by atoms with Gasteiger partial charge in [-0.25, -0.2) is 4.98 Å². The third-order valence-corrected chi connectivity index (χ3v) is 4.63. The first kappa shape index (κ1) is 17.3. The van der Waals surface area contributed by atoms with E-state index in [1.165, 1.54) is 11.3 Å². The summed E-state index contributed by atoms with van der Waals surface area (Å²) in [6, 6.07) is 0. The lowest BCUT2D eigenvalue weighted by Gasteiger charge is -2.34. The second kappa shape index (κ2) is 9.89. The summed E-state index contributed by atoms with van der Waals surface area (Å²) in [5.74, 6) is 0.0626. The number of anilines is 1. The van der Waals surface area contributed by atoms with E-state index in [0.717, 1.165) is 58.5 Å². The zero-order valence-electron chi connectivity index (χ0n) is 13.0. The Bertz CT molecular complexity index is 419. The Morgan fingerprint density at radius 3 is 2.55 bits per heavy atom. The van der Waals surface area contributed by atoms with Crippen molar-refractivity contribution in [3.63, 3.8) is 0 Å². The fraction of sp³-hybridized carbons (Fsp3) is 0.733. The number of aliphatic hydroxyl groups excluding tert-OH is 1. The Kier molecular flexibility index (Phi) is 7.79. The number of carbonyl (C=O) groups excluding carboxylic acids is 1. The van der Waals surface area contributed by atoms with Crippen molar-refractivity contribution in [3.05, 3.63) is 11.6 Å². The van der Waals surface area contributed by atoms with Crippen LogP contribution in [0.3, 0.4) is 0 Å². The van der Waals surface area contributed by atoms with Crippen molar-refractivity contribution in [1.82, 2.24) is 14.8 Å². The minimum Gasteiger partial charge on any atom is -0.395 e. The Morgan fingerprint density at radius 1 is 1.18 bits per heavy atom. The van der Waals surface area contributed by atoms with Gasteiger partial charge in [0.25, 0.3) is 0 Å². The number of amides is 1. The summed E-state index contributed by atoms with van der Waals surface area (Å²) in [5, 5.41) is 14.3. The molecular weight excluding hydrogens is 300 g/mol. The SMILES string of the molecule is O=C(CCCCCN1CCN(CCO)CC1)Nc1nccs1. The molecule has 1 amide bonds. The molecule has 1 aromatic rings. The van der Waals surface area contributed by atoms with E-state index in [-0.39, 0.29) is 12.5 Å². The summed E-state index contributed by atoms with van der Waals surface area (Å²) in [6.07, 6.45) is 5.43. The van der Waals surface area contributed by atoms with Crippen LogP contribution in [0.25, 0.3) is 0 Å². The van der Waals surface area contributed by atoms with Crippen molar-refractivity contribution in [3.8, 4) is 0 Å². The highest BCUT2D eigenvalue weighted by Gasteiger charge is 2.15. The second-order valence-corrected chi connectivity index (χ2v) is 6.50. The molecule has 1 aliphatic rings. The molecule has 0 spiro atoms. The van der Waals surface area contributed by atoms with Crippen molar-refractivity contribution in [1.29, 1.82) is 0 Å². The second-order valence-electron chi connectivity index (χ2n) is 5.60. The number of hydrogen-bond acceptors (Lipinski definition) is 6. The number of nitrogens with one attached hydrogen (secondary N) is 1. The van der Waals surface area contributed by atoms with Crippen LogP contribution >= 0.6 is 11.3 Å². The van der Waals surface area contributed by atoms with Gasteiger partial charge in [0.05, 0.1) is 6.61 Å².